The molecule has 3 aromatic carbocycles. The maximum absolute atomic E-state index is 13.2. The van der Waals surface area contributed by atoms with E-state index in [4.69, 9.17) is 9.47 Å². The van der Waals surface area contributed by atoms with E-state index in [-0.39, 0.29) is 5.91 Å². The zero-order valence-corrected chi connectivity index (χ0v) is 20.3. The topological polar surface area (TPSA) is 79.9 Å². The van der Waals surface area contributed by atoms with Gasteiger partial charge in [0.1, 0.15) is 0 Å². The van der Waals surface area contributed by atoms with Crippen molar-refractivity contribution in [3.8, 4) is 0 Å². The molecule has 7 heteroatoms. The van der Waals surface area contributed by atoms with Gasteiger partial charge in [0.15, 0.2) is 0 Å². The summed E-state index contributed by atoms with van der Waals surface area (Å²) in [5.74, 6) is -0.633. The highest BCUT2D eigenvalue weighted by molar-refractivity contribution is 6.37. The van der Waals surface area contributed by atoms with Crippen LogP contribution in [0.3, 0.4) is 0 Å². The predicted octanol–water partition coefficient (Wildman–Crippen LogP) is 4.63. The van der Waals surface area contributed by atoms with Gasteiger partial charge in [-0.3, -0.25) is 9.69 Å². The van der Waals surface area contributed by atoms with Crippen molar-refractivity contribution in [3.05, 3.63) is 95.1 Å². The van der Waals surface area contributed by atoms with Crippen LogP contribution in [0.25, 0.3) is 11.3 Å². The average Bonchev–Trinajstić information content (AvgIpc) is 3.24. The first kappa shape index (κ1) is 23.8. The number of hydrogen-bond acceptors (Lipinski definition) is 6. The van der Waals surface area contributed by atoms with E-state index >= 15 is 0 Å². The van der Waals surface area contributed by atoms with Crippen LogP contribution in [0.4, 0.5) is 11.4 Å². The van der Waals surface area contributed by atoms with Crippen LogP contribution in [0, 0.1) is 0 Å². The minimum atomic E-state index is -0.412. The molecule has 1 amide bonds. The molecule has 2 heterocycles. The van der Waals surface area contributed by atoms with E-state index in [9.17, 15) is 9.59 Å². The largest absolute Gasteiger partial charge is 0.462 e. The zero-order chi connectivity index (χ0) is 24.9. The lowest BCUT2D eigenvalue weighted by Crippen LogP contribution is -2.35. The van der Waals surface area contributed by atoms with Crippen LogP contribution in [0.15, 0.2) is 72.8 Å². The number of morpholine rings is 1. The first-order chi connectivity index (χ1) is 17.6. The lowest BCUT2D eigenvalue weighted by molar-refractivity contribution is -0.110. The summed E-state index contributed by atoms with van der Waals surface area (Å²) in [4.78, 5) is 27.7. The Morgan fingerprint density at radius 2 is 1.75 bits per heavy atom. The number of ether oxygens (including phenoxy) is 2. The van der Waals surface area contributed by atoms with Crippen LogP contribution in [0.2, 0.25) is 0 Å². The Morgan fingerprint density at radius 3 is 2.47 bits per heavy atom. The van der Waals surface area contributed by atoms with Crippen LogP contribution in [0.5, 0.6) is 0 Å². The van der Waals surface area contributed by atoms with Crippen molar-refractivity contribution >= 4 is 34.5 Å². The van der Waals surface area contributed by atoms with E-state index in [2.05, 4.69) is 27.7 Å². The molecule has 2 aliphatic heterocycles. The third kappa shape index (κ3) is 5.17. The summed E-state index contributed by atoms with van der Waals surface area (Å²) < 4.78 is 10.6. The minimum Gasteiger partial charge on any atom is -0.462 e. The van der Waals surface area contributed by atoms with Crippen molar-refractivity contribution in [1.29, 1.82) is 0 Å². The van der Waals surface area contributed by atoms with E-state index < -0.39 is 5.97 Å². The van der Waals surface area contributed by atoms with Crippen molar-refractivity contribution in [3.63, 3.8) is 0 Å². The summed E-state index contributed by atoms with van der Waals surface area (Å²) in [7, 11) is 0. The lowest BCUT2D eigenvalue weighted by Gasteiger charge is -2.26. The summed E-state index contributed by atoms with van der Waals surface area (Å²) >= 11 is 0. The number of fused-ring (bicyclic) bond motifs is 1. The van der Waals surface area contributed by atoms with Gasteiger partial charge < -0.3 is 20.1 Å². The van der Waals surface area contributed by atoms with Gasteiger partial charge in [-0.05, 0) is 42.3 Å². The third-order valence-electron chi connectivity index (χ3n) is 6.32. The molecule has 0 aliphatic carbocycles. The molecule has 0 radical (unpaired) electrons. The molecule has 0 saturated carbocycles. The SMILES string of the molecule is CCOC(=O)c1ccc2c(c1)NC(=O)/C2=C(\Nc1ccc(CN2CCOCC2)cc1)c1ccccc1. The van der Waals surface area contributed by atoms with Crippen molar-refractivity contribution in [2.24, 2.45) is 0 Å². The number of carbonyl (C=O) groups is 2. The summed E-state index contributed by atoms with van der Waals surface area (Å²) in [5, 5.41) is 6.41. The molecule has 0 unspecified atom stereocenters. The molecule has 36 heavy (non-hydrogen) atoms. The summed E-state index contributed by atoms with van der Waals surface area (Å²) in [6, 6.07) is 23.2. The molecule has 0 aromatic heterocycles. The smallest absolute Gasteiger partial charge is 0.338 e. The van der Waals surface area contributed by atoms with E-state index in [1.807, 2.05) is 42.5 Å². The van der Waals surface area contributed by atoms with Gasteiger partial charge in [-0.15, -0.1) is 0 Å². The lowest BCUT2D eigenvalue weighted by atomic mass is 9.99. The normalized spacial score (nSPS) is 16.8. The molecule has 2 aliphatic rings. The molecule has 0 atom stereocenters. The Balaban J connectivity index is 1.46. The molecule has 0 spiro atoms. The number of nitrogens with zero attached hydrogens (tertiary/aromatic N) is 1. The van der Waals surface area contributed by atoms with Gasteiger partial charge >= 0.3 is 5.97 Å². The molecule has 184 valence electrons. The molecule has 1 fully saturated rings. The molecular weight excluding hydrogens is 454 g/mol. The Hall–Kier alpha value is -3.94. The maximum atomic E-state index is 13.2. The Morgan fingerprint density at radius 1 is 1.00 bits per heavy atom. The summed E-state index contributed by atoms with van der Waals surface area (Å²) in [6.07, 6.45) is 0. The third-order valence-corrected chi connectivity index (χ3v) is 6.32. The first-order valence-corrected chi connectivity index (χ1v) is 12.2. The van der Waals surface area contributed by atoms with Crippen molar-refractivity contribution in [2.75, 3.05) is 43.5 Å². The van der Waals surface area contributed by atoms with Gasteiger partial charge in [0.25, 0.3) is 5.91 Å². The zero-order valence-electron chi connectivity index (χ0n) is 20.3. The van der Waals surface area contributed by atoms with Crippen molar-refractivity contribution < 1.29 is 19.1 Å². The second-order valence-electron chi connectivity index (χ2n) is 8.76. The minimum absolute atomic E-state index is 0.221. The monoisotopic (exact) mass is 483 g/mol. The van der Waals surface area contributed by atoms with Gasteiger partial charge in [-0.1, -0.05) is 48.5 Å². The van der Waals surface area contributed by atoms with Crippen LogP contribution in [-0.4, -0.2) is 49.7 Å². The predicted molar refractivity (Wildman–Crippen MR) is 140 cm³/mol. The Labute approximate surface area is 210 Å². The fraction of sp³-hybridized carbons (Fsp3) is 0.241. The van der Waals surface area contributed by atoms with E-state index in [0.29, 0.717) is 29.1 Å². The average molecular weight is 484 g/mol. The fourth-order valence-electron chi connectivity index (χ4n) is 4.50. The second-order valence-corrected chi connectivity index (χ2v) is 8.76. The van der Waals surface area contributed by atoms with Crippen molar-refractivity contribution in [1.82, 2.24) is 4.90 Å². The van der Waals surface area contributed by atoms with Gasteiger partial charge in [0.2, 0.25) is 0 Å². The Kier molecular flexibility index (Phi) is 7.11. The summed E-state index contributed by atoms with van der Waals surface area (Å²) in [5.41, 5.74) is 5.98. The Bertz CT molecular complexity index is 1280. The first-order valence-electron chi connectivity index (χ1n) is 12.2. The van der Waals surface area contributed by atoms with Crippen LogP contribution >= 0.6 is 0 Å². The molecule has 7 nitrogen and oxygen atoms in total. The van der Waals surface area contributed by atoms with Gasteiger partial charge in [-0.2, -0.15) is 0 Å². The number of amides is 1. The number of anilines is 2. The number of esters is 1. The molecule has 0 bridgehead atoms. The van der Waals surface area contributed by atoms with Crippen LogP contribution in [0.1, 0.15) is 34.0 Å². The number of hydrogen-bond donors (Lipinski definition) is 2. The van der Waals surface area contributed by atoms with E-state index in [1.54, 1.807) is 25.1 Å². The van der Waals surface area contributed by atoms with Crippen LogP contribution < -0.4 is 10.6 Å². The molecule has 2 N–H and O–H groups in total. The van der Waals surface area contributed by atoms with Crippen LogP contribution in [-0.2, 0) is 20.8 Å². The standard InChI is InChI=1S/C29H29N3O4/c1-2-36-29(34)22-10-13-24-25(18-22)31-28(33)26(24)27(21-6-4-3-5-7-21)30-23-11-8-20(9-12-23)19-32-14-16-35-17-15-32/h3-13,18,30H,2,14-17,19H2,1H3,(H,31,33)/b27-26-. The van der Waals surface area contributed by atoms with Gasteiger partial charge in [0, 0.05) is 30.9 Å². The number of rotatable bonds is 7. The summed E-state index contributed by atoms with van der Waals surface area (Å²) in [6.45, 7) is 6.38. The quantitative estimate of drug-likeness (QED) is 0.377. The van der Waals surface area contributed by atoms with Gasteiger partial charge in [-0.25, -0.2) is 4.79 Å². The number of carbonyl (C=O) groups excluding carboxylic acids is 2. The highest BCUT2D eigenvalue weighted by Crippen LogP contribution is 2.38. The molecule has 3 aromatic rings. The molecule has 1 saturated heterocycles. The van der Waals surface area contributed by atoms with E-state index in [0.717, 1.165) is 49.7 Å². The molecule has 5 rings (SSSR count). The maximum Gasteiger partial charge on any atom is 0.338 e. The number of benzene rings is 3. The van der Waals surface area contributed by atoms with Crippen molar-refractivity contribution in [2.45, 2.75) is 13.5 Å². The molecular formula is C29H29N3O4. The fourth-order valence-corrected chi connectivity index (χ4v) is 4.50. The highest BCUT2D eigenvalue weighted by atomic mass is 16.5. The highest BCUT2D eigenvalue weighted by Gasteiger charge is 2.29. The number of nitrogens with one attached hydrogen (secondary N) is 2. The van der Waals surface area contributed by atoms with E-state index in [1.165, 1.54) is 5.56 Å². The second kappa shape index (κ2) is 10.8. The van der Waals surface area contributed by atoms with Gasteiger partial charge in [0.05, 0.1) is 42.3 Å².